The van der Waals surface area contributed by atoms with E-state index in [1.807, 2.05) is 60.9 Å². The summed E-state index contributed by atoms with van der Waals surface area (Å²) in [4.78, 5) is 28.2. The summed E-state index contributed by atoms with van der Waals surface area (Å²) < 4.78 is 5.45. The van der Waals surface area contributed by atoms with E-state index in [0.717, 1.165) is 16.1 Å². The average molecular weight is 391 g/mol. The molecule has 0 N–H and O–H groups in total. The van der Waals surface area contributed by atoms with Gasteiger partial charge in [-0.25, -0.2) is 4.79 Å². The maximum Gasteiger partial charge on any atom is 0.339 e. The van der Waals surface area contributed by atoms with Gasteiger partial charge in [-0.1, -0.05) is 42.5 Å². The number of nitrogens with zero attached hydrogens (tertiary/aromatic N) is 1. The number of thioether (sulfide) groups is 1. The molecule has 4 nitrogen and oxygen atoms in total. The summed E-state index contributed by atoms with van der Waals surface area (Å²) in [5, 5.41) is 0. The molecule has 0 saturated heterocycles. The highest BCUT2D eigenvalue weighted by Gasteiger charge is 2.21. The van der Waals surface area contributed by atoms with E-state index in [1.54, 1.807) is 43.1 Å². The van der Waals surface area contributed by atoms with E-state index >= 15 is 0 Å². The number of para-hydroxylation sites is 1. The maximum atomic E-state index is 12.9. The van der Waals surface area contributed by atoms with Gasteiger partial charge in [-0.15, -0.1) is 11.8 Å². The number of hydrogen-bond acceptors (Lipinski definition) is 4. The molecule has 3 rings (SSSR count). The number of esters is 1. The standard InChI is InChI=1S/C23H21NO3S/c1-24(18-8-4-3-5-9-18)22(25)20-10-6-7-11-21(20)23(26)27-16-17-12-14-19(28-2)15-13-17/h3-15H,16H2,1-2H3. The fourth-order valence-corrected chi connectivity index (χ4v) is 3.15. The number of amides is 1. The fraction of sp³-hybridized carbons (Fsp3) is 0.130. The second kappa shape index (κ2) is 9.24. The van der Waals surface area contributed by atoms with Crippen molar-refractivity contribution in [1.82, 2.24) is 0 Å². The average Bonchev–Trinajstić information content (AvgIpc) is 2.77. The van der Waals surface area contributed by atoms with Crippen molar-refractivity contribution in [2.45, 2.75) is 11.5 Å². The van der Waals surface area contributed by atoms with Gasteiger partial charge in [-0.3, -0.25) is 4.79 Å². The van der Waals surface area contributed by atoms with Gasteiger partial charge in [0.15, 0.2) is 0 Å². The predicted octanol–water partition coefficient (Wildman–Crippen LogP) is 5.04. The first-order valence-electron chi connectivity index (χ1n) is 8.82. The molecule has 142 valence electrons. The molecule has 5 heteroatoms. The van der Waals surface area contributed by atoms with Crippen LogP contribution in [0.5, 0.6) is 0 Å². The first kappa shape index (κ1) is 19.7. The van der Waals surface area contributed by atoms with Crippen molar-refractivity contribution in [3.63, 3.8) is 0 Å². The van der Waals surface area contributed by atoms with Crippen LogP contribution in [-0.2, 0) is 11.3 Å². The molecular formula is C23H21NO3S. The quantitative estimate of drug-likeness (QED) is 0.436. The van der Waals surface area contributed by atoms with Crippen molar-refractivity contribution in [1.29, 1.82) is 0 Å². The van der Waals surface area contributed by atoms with Gasteiger partial charge in [-0.2, -0.15) is 0 Å². The minimum absolute atomic E-state index is 0.157. The molecular weight excluding hydrogens is 370 g/mol. The van der Waals surface area contributed by atoms with Crippen LogP contribution in [0.1, 0.15) is 26.3 Å². The van der Waals surface area contributed by atoms with Crippen molar-refractivity contribution < 1.29 is 14.3 Å². The molecule has 0 aliphatic heterocycles. The Balaban J connectivity index is 1.75. The van der Waals surface area contributed by atoms with Crippen molar-refractivity contribution >= 4 is 29.3 Å². The third kappa shape index (κ3) is 4.61. The largest absolute Gasteiger partial charge is 0.457 e. The molecule has 0 bridgehead atoms. The summed E-state index contributed by atoms with van der Waals surface area (Å²) in [7, 11) is 1.69. The Morgan fingerprint density at radius 1 is 0.857 bits per heavy atom. The van der Waals surface area contributed by atoms with Crippen LogP contribution in [0.25, 0.3) is 0 Å². The number of hydrogen-bond donors (Lipinski definition) is 0. The zero-order chi connectivity index (χ0) is 19.9. The smallest absolute Gasteiger partial charge is 0.339 e. The molecule has 0 heterocycles. The van der Waals surface area contributed by atoms with E-state index in [0.29, 0.717) is 5.56 Å². The Labute approximate surface area is 169 Å². The lowest BCUT2D eigenvalue weighted by atomic mass is 10.1. The van der Waals surface area contributed by atoms with E-state index in [-0.39, 0.29) is 18.1 Å². The van der Waals surface area contributed by atoms with Crippen LogP contribution in [0.15, 0.2) is 83.8 Å². The van der Waals surface area contributed by atoms with Crippen LogP contribution in [0.2, 0.25) is 0 Å². The zero-order valence-corrected chi connectivity index (χ0v) is 16.6. The zero-order valence-electron chi connectivity index (χ0n) is 15.8. The van der Waals surface area contributed by atoms with Crippen molar-refractivity contribution in [2.24, 2.45) is 0 Å². The van der Waals surface area contributed by atoms with Gasteiger partial charge >= 0.3 is 5.97 Å². The van der Waals surface area contributed by atoms with E-state index in [4.69, 9.17) is 4.74 Å². The van der Waals surface area contributed by atoms with Crippen LogP contribution in [0, 0.1) is 0 Å². The Morgan fingerprint density at radius 2 is 1.46 bits per heavy atom. The third-order valence-electron chi connectivity index (χ3n) is 4.35. The second-order valence-corrected chi connectivity index (χ2v) is 7.05. The number of benzene rings is 3. The molecule has 0 saturated carbocycles. The van der Waals surface area contributed by atoms with Crippen molar-refractivity contribution in [3.8, 4) is 0 Å². The highest BCUT2D eigenvalue weighted by Crippen LogP contribution is 2.19. The summed E-state index contributed by atoms with van der Waals surface area (Å²) in [6, 6.07) is 23.9. The minimum atomic E-state index is -0.514. The highest BCUT2D eigenvalue weighted by molar-refractivity contribution is 7.98. The molecule has 0 fully saturated rings. The SMILES string of the molecule is CSc1ccc(COC(=O)c2ccccc2C(=O)N(C)c2ccccc2)cc1. The second-order valence-electron chi connectivity index (χ2n) is 6.17. The molecule has 3 aromatic rings. The maximum absolute atomic E-state index is 12.9. The predicted molar refractivity (Wildman–Crippen MR) is 113 cm³/mol. The topological polar surface area (TPSA) is 46.6 Å². The van der Waals surface area contributed by atoms with Gasteiger partial charge in [0.2, 0.25) is 0 Å². The molecule has 0 radical (unpaired) electrons. The minimum Gasteiger partial charge on any atom is -0.457 e. The van der Waals surface area contributed by atoms with Crippen LogP contribution in [0.4, 0.5) is 5.69 Å². The van der Waals surface area contributed by atoms with Crippen LogP contribution >= 0.6 is 11.8 Å². The summed E-state index contributed by atoms with van der Waals surface area (Å²) in [5.41, 5.74) is 2.23. The lowest BCUT2D eigenvalue weighted by molar-refractivity contribution is 0.0469. The molecule has 0 unspecified atom stereocenters. The summed E-state index contributed by atoms with van der Waals surface area (Å²) in [5.74, 6) is -0.776. The summed E-state index contributed by atoms with van der Waals surface area (Å²) in [6.07, 6.45) is 2.01. The Bertz CT molecular complexity index is 955. The first-order valence-corrected chi connectivity index (χ1v) is 10.0. The van der Waals surface area contributed by atoms with Gasteiger partial charge in [0.25, 0.3) is 5.91 Å². The summed E-state index contributed by atoms with van der Waals surface area (Å²) in [6.45, 7) is 0.157. The molecule has 0 atom stereocenters. The molecule has 1 amide bonds. The van der Waals surface area contributed by atoms with Gasteiger partial charge in [0.1, 0.15) is 6.61 Å². The summed E-state index contributed by atoms with van der Waals surface area (Å²) >= 11 is 1.65. The number of carbonyl (C=O) groups excluding carboxylic acids is 2. The number of rotatable bonds is 6. The molecule has 0 aliphatic carbocycles. The number of anilines is 1. The number of ether oxygens (including phenoxy) is 1. The Morgan fingerprint density at radius 3 is 2.11 bits per heavy atom. The Kier molecular flexibility index (Phi) is 6.50. The van der Waals surface area contributed by atoms with E-state index in [9.17, 15) is 9.59 Å². The van der Waals surface area contributed by atoms with Crippen LogP contribution in [0.3, 0.4) is 0 Å². The third-order valence-corrected chi connectivity index (χ3v) is 5.10. The number of carbonyl (C=O) groups is 2. The van der Waals surface area contributed by atoms with Crippen LogP contribution < -0.4 is 4.90 Å². The van der Waals surface area contributed by atoms with E-state index < -0.39 is 5.97 Å². The van der Waals surface area contributed by atoms with Crippen molar-refractivity contribution in [2.75, 3.05) is 18.2 Å². The first-order chi connectivity index (χ1) is 13.6. The Hall–Kier alpha value is -3.05. The molecule has 3 aromatic carbocycles. The van der Waals surface area contributed by atoms with Gasteiger partial charge < -0.3 is 9.64 Å². The van der Waals surface area contributed by atoms with Crippen LogP contribution in [-0.4, -0.2) is 25.2 Å². The van der Waals surface area contributed by atoms with E-state index in [2.05, 4.69) is 0 Å². The lowest BCUT2D eigenvalue weighted by Gasteiger charge is -2.18. The molecule has 0 spiro atoms. The fourth-order valence-electron chi connectivity index (χ4n) is 2.75. The molecule has 28 heavy (non-hydrogen) atoms. The van der Waals surface area contributed by atoms with Gasteiger partial charge in [-0.05, 0) is 48.2 Å². The molecule has 0 aliphatic rings. The van der Waals surface area contributed by atoms with Crippen molar-refractivity contribution in [3.05, 3.63) is 95.6 Å². The normalized spacial score (nSPS) is 10.4. The van der Waals surface area contributed by atoms with Gasteiger partial charge in [0, 0.05) is 17.6 Å². The van der Waals surface area contributed by atoms with Gasteiger partial charge in [0.05, 0.1) is 11.1 Å². The highest BCUT2D eigenvalue weighted by atomic mass is 32.2. The van der Waals surface area contributed by atoms with E-state index in [1.165, 1.54) is 4.90 Å². The monoisotopic (exact) mass is 391 g/mol. The lowest BCUT2D eigenvalue weighted by Crippen LogP contribution is -2.28. The molecule has 0 aromatic heterocycles.